The molecule has 1 N–H and O–H groups in total. The van der Waals surface area contributed by atoms with E-state index in [0.717, 1.165) is 6.42 Å². The molecule has 0 aliphatic carbocycles. The highest BCUT2D eigenvalue weighted by Crippen LogP contribution is 2.27. The quantitative estimate of drug-likeness (QED) is 0.863. The van der Waals surface area contributed by atoms with E-state index in [4.69, 9.17) is 27.9 Å². The first-order chi connectivity index (χ1) is 10.6. The summed E-state index contributed by atoms with van der Waals surface area (Å²) in [5, 5.41) is 3.76. The van der Waals surface area contributed by atoms with Gasteiger partial charge in [-0.05, 0) is 36.6 Å². The number of rotatable bonds is 6. The zero-order valence-corrected chi connectivity index (χ0v) is 13.7. The number of amides is 1. The molecule has 5 heteroatoms. The van der Waals surface area contributed by atoms with Crippen LogP contribution in [-0.2, 0) is 11.2 Å². The normalized spacial score (nSPS) is 10.3. The Hall–Kier alpha value is -1.71. The molecule has 3 nitrogen and oxygen atoms in total. The Labute approximate surface area is 140 Å². The minimum absolute atomic E-state index is 0.0895. The lowest BCUT2D eigenvalue weighted by molar-refractivity contribution is -0.123. The molecular formula is C17H17Cl2NO2. The summed E-state index contributed by atoms with van der Waals surface area (Å²) in [6, 6.07) is 13.0. The molecule has 2 aromatic rings. The summed E-state index contributed by atoms with van der Waals surface area (Å²) < 4.78 is 5.38. The van der Waals surface area contributed by atoms with Crippen LogP contribution in [0.25, 0.3) is 0 Å². The molecule has 0 spiro atoms. The molecule has 116 valence electrons. The average Bonchev–Trinajstić information content (AvgIpc) is 2.50. The minimum Gasteiger partial charge on any atom is -0.482 e. The first-order valence-electron chi connectivity index (χ1n) is 6.95. The van der Waals surface area contributed by atoms with Crippen LogP contribution in [0.5, 0.6) is 5.75 Å². The highest BCUT2D eigenvalue weighted by molar-refractivity contribution is 6.34. The first kappa shape index (κ1) is 16.7. The van der Waals surface area contributed by atoms with Gasteiger partial charge in [0.05, 0.1) is 5.02 Å². The van der Waals surface area contributed by atoms with Crippen molar-refractivity contribution in [2.45, 2.75) is 13.3 Å². The van der Waals surface area contributed by atoms with Crippen LogP contribution in [0, 0.1) is 6.92 Å². The van der Waals surface area contributed by atoms with Crippen LogP contribution >= 0.6 is 23.2 Å². The van der Waals surface area contributed by atoms with E-state index in [0.29, 0.717) is 22.3 Å². The number of carbonyl (C=O) groups excluding carboxylic acids is 1. The molecule has 0 heterocycles. The van der Waals surface area contributed by atoms with Crippen molar-refractivity contribution in [1.82, 2.24) is 5.32 Å². The maximum atomic E-state index is 11.8. The molecule has 0 saturated carbocycles. The number of halogens is 2. The number of aryl methyl sites for hydroxylation is 1. The molecule has 2 rings (SSSR count). The second kappa shape index (κ2) is 8.06. The van der Waals surface area contributed by atoms with Crippen molar-refractivity contribution in [3.05, 3.63) is 63.6 Å². The summed E-state index contributed by atoms with van der Waals surface area (Å²) in [6.45, 7) is 2.53. The number of hydrogen-bond acceptors (Lipinski definition) is 2. The monoisotopic (exact) mass is 337 g/mol. The van der Waals surface area contributed by atoms with E-state index in [1.165, 1.54) is 11.1 Å². The molecule has 2 aromatic carbocycles. The number of ether oxygens (including phenoxy) is 1. The van der Waals surface area contributed by atoms with Gasteiger partial charge in [-0.15, -0.1) is 0 Å². The number of nitrogens with one attached hydrogen (secondary N) is 1. The van der Waals surface area contributed by atoms with Gasteiger partial charge in [0.25, 0.3) is 5.91 Å². The largest absolute Gasteiger partial charge is 0.482 e. The smallest absolute Gasteiger partial charge is 0.257 e. The second-order valence-corrected chi connectivity index (χ2v) is 5.73. The van der Waals surface area contributed by atoms with Gasteiger partial charge in [0, 0.05) is 17.6 Å². The molecule has 0 radical (unpaired) electrons. The van der Waals surface area contributed by atoms with Crippen LogP contribution in [-0.4, -0.2) is 19.1 Å². The van der Waals surface area contributed by atoms with Gasteiger partial charge in [0.15, 0.2) is 6.61 Å². The van der Waals surface area contributed by atoms with Crippen LogP contribution in [0.4, 0.5) is 0 Å². The Kier molecular flexibility index (Phi) is 6.10. The van der Waals surface area contributed by atoms with Gasteiger partial charge in [-0.25, -0.2) is 0 Å². The van der Waals surface area contributed by atoms with Gasteiger partial charge in [0.1, 0.15) is 5.75 Å². The lowest BCUT2D eigenvalue weighted by atomic mass is 10.1. The molecular weight excluding hydrogens is 321 g/mol. The molecule has 0 fully saturated rings. The van der Waals surface area contributed by atoms with E-state index in [1.54, 1.807) is 18.2 Å². The fourth-order valence-electron chi connectivity index (χ4n) is 2.01. The summed E-state index contributed by atoms with van der Waals surface area (Å²) in [6.07, 6.45) is 0.788. The van der Waals surface area contributed by atoms with Gasteiger partial charge < -0.3 is 10.1 Å². The predicted molar refractivity (Wildman–Crippen MR) is 89.8 cm³/mol. The zero-order valence-electron chi connectivity index (χ0n) is 12.2. The minimum atomic E-state index is -0.190. The third kappa shape index (κ3) is 4.93. The van der Waals surface area contributed by atoms with E-state index in [2.05, 4.69) is 24.4 Å². The van der Waals surface area contributed by atoms with E-state index in [1.807, 2.05) is 12.1 Å². The predicted octanol–water partition coefficient (Wildman–Crippen LogP) is 4.04. The summed E-state index contributed by atoms with van der Waals surface area (Å²) in [5.41, 5.74) is 2.44. The second-order valence-electron chi connectivity index (χ2n) is 4.89. The molecule has 0 aromatic heterocycles. The van der Waals surface area contributed by atoms with Gasteiger partial charge >= 0.3 is 0 Å². The van der Waals surface area contributed by atoms with E-state index < -0.39 is 0 Å². The third-order valence-electron chi connectivity index (χ3n) is 3.23. The van der Waals surface area contributed by atoms with Crippen LogP contribution in [0.15, 0.2) is 42.5 Å². The summed E-state index contributed by atoms with van der Waals surface area (Å²) in [5.74, 6) is 0.216. The molecule has 22 heavy (non-hydrogen) atoms. The number of benzene rings is 2. The van der Waals surface area contributed by atoms with Gasteiger partial charge in [-0.3, -0.25) is 4.79 Å². The molecule has 0 aliphatic heterocycles. The van der Waals surface area contributed by atoms with Gasteiger partial charge in [0.2, 0.25) is 0 Å². The highest BCUT2D eigenvalue weighted by Gasteiger charge is 2.06. The van der Waals surface area contributed by atoms with Crippen molar-refractivity contribution < 1.29 is 9.53 Å². The number of carbonyl (C=O) groups is 1. The first-order valence-corrected chi connectivity index (χ1v) is 7.71. The Balaban J connectivity index is 1.76. The number of hydrogen-bond donors (Lipinski definition) is 1. The van der Waals surface area contributed by atoms with E-state index in [-0.39, 0.29) is 12.5 Å². The fraction of sp³-hybridized carbons (Fsp3) is 0.235. The Bertz CT molecular complexity index is 659. The van der Waals surface area contributed by atoms with Crippen molar-refractivity contribution >= 4 is 29.1 Å². The molecule has 0 atom stereocenters. The topological polar surface area (TPSA) is 38.3 Å². The standard InChI is InChI=1S/C17H17Cl2NO2/c1-12-4-2-3-5-13(12)8-9-20-17(21)11-22-16-10-14(18)6-7-15(16)19/h2-7,10H,8-9,11H2,1H3,(H,20,21). The SMILES string of the molecule is Cc1ccccc1CCNC(=O)COc1cc(Cl)ccc1Cl. The lowest BCUT2D eigenvalue weighted by Crippen LogP contribution is -2.30. The van der Waals surface area contributed by atoms with Gasteiger partial charge in [-0.2, -0.15) is 0 Å². The van der Waals surface area contributed by atoms with Crippen molar-refractivity contribution in [1.29, 1.82) is 0 Å². The Morgan fingerprint density at radius 2 is 1.95 bits per heavy atom. The molecule has 0 bridgehead atoms. The maximum Gasteiger partial charge on any atom is 0.257 e. The Morgan fingerprint density at radius 1 is 1.18 bits per heavy atom. The van der Waals surface area contributed by atoms with Crippen LogP contribution in [0.3, 0.4) is 0 Å². The molecule has 1 amide bonds. The van der Waals surface area contributed by atoms with Crippen molar-refractivity contribution in [2.24, 2.45) is 0 Å². The third-order valence-corrected chi connectivity index (χ3v) is 3.78. The summed E-state index contributed by atoms with van der Waals surface area (Å²) >= 11 is 11.8. The lowest BCUT2D eigenvalue weighted by Gasteiger charge is -2.10. The zero-order chi connectivity index (χ0) is 15.9. The van der Waals surface area contributed by atoms with Crippen molar-refractivity contribution in [3.63, 3.8) is 0 Å². The highest BCUT2D eigenvalue weighted by atomic mass is 35.5. The van der Waals surface area contributed by atoms with Crippen molar-refractivity contribution in [3.8, 4) is 5.75 Å². The molecule has 0 saturated heterocycles. The molecule has 0 aliphatic rings. The van der Waals surface area contributed by atoms with E-state index in [9.17, 15) is 4.79 Å². The van der Waals surface area contributed by atoms with E-state index >= 15 is 0 Å². The van der Waals surface area contributed by atoms with Crippen LogP contribution < -0.4 is 10.1 Å². The fourth-order valence-corrected chi connectivity index (χ4v) is 2.34. The molecule has 0 unspecified atom stereocenters. The van der Waals surface area contributed by atoms with Gasteiger partial charge in [-0.1, -0.05) is 47.5 Å². The van der Waals surface area contributed by atoms with Crippen LogP contribution in [0.2, 0.25) is 10.0 Å². The maximum absolute atomic E-state index is 11.8. The summed E-state index contributed by atoms with van der Waals surface area (Å²) in [7, 11) is 0. The van der Waals surface area contributed by atoms with Crippen molar-refractivity contribution in [2.75, 3.05) is 13.2 Å². The Morgan fingerprint density at radius 3 is 2.73 bits per heavy atom. The van der Waals surface area contributed by atoms with Crippen LogP contribution in [0.1, 0.15) is 11.1 Å². The average molecular weight is 338 g/mol. The summed E-state index contributed by atoms with van der Waals surface area (Å²) in [4.78, 5) is 11.8.